The average molecular weight is 296 g/mol. The van der Waals surface area contributed by atoms with Crippen molar-refractivity contribution >= 4 is 15.7 Å². The fourth-order valence-electron chi connectivity index (χ4n) is 3.01. The standard InChI is InChI=1S/C15H24N2O2S/c1-11-7-12(2)13(3)17(9-11)20(18,19)10-14-5-4-6-15(16)8-14/h4-6,8,11-13H,7,9-10,16H2,1-3H3. The minimum absolute atomic E-state index is 0.0296. The molecule has 1 heterocycles. The summed E-state index contributed by atoms with van der Waals surface area (Å²) in [5.41, 5.74) is 7.07. The molecule has 20 heavy (non-hydrogen) atoms. The molecule has 1 aliphatic heterocycles. The van der Waals surface area contributed by atoms with E-state index in [2.05, 4.69) is 13.8 Å². The lowest BCUT2D eigenvalue weighted by molar-refractivity contribution is 0.157. The van der Waals surface area contributed by atoms with Gasteiger partial charge in [-0.1, -0.05) is 26.0 Å². The van der Waals surface area contributed by atoms with E-state index in [0.717, 1.165) is 12.0 Å². The van der Waals surface area contributed by atoms with E-state index in [1.54, 1.807) is 22.5 Å². The Balaban J connectivity index is 2.21. The van der Waals surface area contributed by atoms with E-state index in [1.165, 1.54) is 0 Å². The van der Waals surface area contributed by atoms with Crippen molar-refractivity contribution in [1.29, 1.82) is 0 Å². The number of anilines is 1. The summed E-state index contributed by atoms with van der Waals surface area (Å²) >= 11 is 0. The second-order valence-corrected chi connectivity index (χ2v) is 8.05. The molecule has 112 valence electrons. The molecular weight excluding hydrogens is 272 g/mol. The zero-order valence-corrected chi connectivity index (χ0v) is 13.2. The zero-order valence-electron chi connectivity index (χ0n) is 12.4. The lowest BCUT2D eigenvalue weighted by atomic mass is 9.88. The summed E-state index contributed by atoms with van der Waals surface area (Å²) in [7, 11) is -3.29. The number of sulfonamides is 1. The van der Waals surface area contributed by atoms with Crippen LogP contribution in [-0.2, 0) is 15.8 Å². The number of nitrogens with two attached hydrogens (primary N) is 1. The Morgan fingerprint density at radius 1 is 1.30 bits per heavy atom. The lowest BCUT2D eigenvalue weighted by Gasteiger charge is -2.40. The SMILES string of the molecule is CC1CC(C)C(C)N(S(=O)(=O)Cc2cccc(N)c2)C1. The van der Waals surface area contributed by atoms with Crippen LogP contribution in [0, 0.1) is 11.8 Å². The molecule has 0 radical (unpaired) electrons. The maximum atomic E-state index is 12.7. The molecule has 0 saturated carbocycles. The van der Waals surface area contributed by atoms with Crippen LogP contribution in [0.15, 0.2) is 24.3 Å². The summed E-state index contributed by atoms with van der Waals surface area (Å²) in [6.45, 7) is 6.87. The number of hydrogen-bond acceptors (Lipinski definition) is 3. The van der Waals surface area contributed by atoms with Gasteiger partial charge in [0, 0.05) is 18.3 Å². The van der Waals surface area contributed by atoms with Gasteiger partial charge in [-0.05, 0) is 42.9 Å². The van der Waals surface area contributed by atoms with Crippen molar-refractivity contribution in [3.63, 3.8) is 0 Å². The van der Waals surface area contributed by atoms with Gasteiger partial charge in [-0.3, -0.25) is 0 Å². The second kappa shape index (κ2) is 5.74. The van der Waals surface area contributed by atoms with E-state index in [4.69, 9.17) is 5.73 Å². The van der Waals surface area contributed by atoms with Crippen LogP contribution in [0.4, 0.5) is 5.69 Å². The summed E-state index contributed by atoms with van der Waals surface area (Å²) < 4.78 is 27.0. The molecule has 4 nitrogen and oxygen atoms in total. The quantitative estimate of drug-likeness (QED) is 0.872. The summed E-state index contributed by atoms with van der Waals surface area (Å²) in [5.74, 6) is 0.841. The predicted octanol–water partition coefficient (Wildman–Crippen LogP) is 2.47. The summed E-state index contributed by atoms with van der Waals surface area (Å²) in [4.78, 5) is 0. The molecule has 3 unspecified atom stereocenters. The maximum Gasteiger partial charge on any atom is 0.218 e. The van der Waals surface area contributed by atoms with Crippen molar-refractivity contribution < 1.29 is 8.42 Å². The Labute approximate surface area is 122 Å². The van der Waals surface area contributed by atoms with Crippen LogP contribution in [0.3, 0.4) is 0 Å². The number of rotatable bonds is 3. The number of benzene rings is 1. The first-order valence-electron chi connectivity index (χ1n) is 7.13. The molecule has 0 spiro atoms. The summed E-state index contributed by atoms with van der Waals surface area (Å²) in [5, 5.41) is 0. The first-order chi connectivity index (χ1) is 9.29. The van der Waals surface area contributed by atoms with Crippen LogP contribution in [0.5, 0.6) is 0 Å². The van der Waals surface area contributed by atoms with Gasteiger partial charge in [-0.25, -0.2) is 8.42 Å². The first kappa shape index (κ1) is 15.3. The summed E-state index contributed by atoms with van der Waals surface area (Å²) in [6.07, 6.45) is 1.09. The molecule has 1 saturated heterocycles. The normalized spacial score (nSPS) is 28.4. The Morgan fingerprint density at radius 2 is 2.00 bits per heavy atom. The Bertz CT molecular complexity index is 571. The smallest absolute Gasteiger partial charge is 0.218 e. The third-order valence-corrected chi connectivity index (χ3v) is 6.10. The van der Waals surface area contributed by atoms with E-state index >= 15 is 0 Å². The number of hydrogen-bond donors (Lipinski definition) is 1. The Hall–Kier alpha value is -1.07. The molecular formula is C15H24N2O2S. The van der Waals surface area contributed by atoms with Gasteiger partial charge in [0.15, 0.2) is 0 Å². The fraction of sp³-hybridized carbons (Fsp3) is 0.600. The molecule has 0 amide bonds. The highest BCUT2D eigenvalue weighted by molar-refractivity contribution is 7.88. The fourth-order valence-corrected chi connectivity index (χ4v) is 4.97. The van der Waals surface area contributed by atoms with E-state index in [-0.39, 0.29) is 11.8 Å². The molecule has 2 rings (SSSR count). The molecule has 0 aromatic heterocycles. The monoisotopic (exact) mass is 296 g/mol. The van der Waals surface area contributed by atoms with E-state index in [0.29, 0.717) is 24.1 Å². The Morgan fingerprint density at radius 3 is 2.65 bits per heavy atom. The summed E-state index contributed by atoms with van der Waals surface area (Å²) in [6, 6.07) is 7.18. The Kier molecular flexibility index (Phi) is 4.39. The van der Waals surface area contributed by atoms with Gasteiger partial charge in [0.05, 0.1) is 5.75 Å². The van der Waals surface area contributed by atoms with Crippen molar-refractivity contribution in [2.24, 2.45) is 11.8 Å². The molecule has 3 atom stereocenters. The minimum atomic E-state index is -3.29. The molecule has 1 aliphatic rings. The number of nitrogen functional groups attached to an aromatic ring is 1. The number of piperidine rings is 1. The van der Waals surface area contributed by atoms with Crippen LogP contribution in [0.25, 0.3) is 0 Å². The van der Waals surface area contributed by atoms with Crippen molar-refractivity contribution in [1.82, 2.24) is 4.31 Å². The van der Waals surface area contributed by atoms with Crippen LogP contribution in [0.2, 0.25) is 0 Å². The first-order valence-corrected chi connectivity index (χ1v) is 8.74. The van der Waals surface area contributed by atoms with Crippen LogP contribution < -0.4 is 5.73 Å². The largest absolute Gasteiger partial charge is 0.399 e. The zero-order chi connectivity index (χ0) is 14.9. The van der Waals surface area contributed by atoms with Gasteiger partial charge in [0.1, 0.15) is 0 Å². The maximum absolute atomic E-state index is 12.7. The van der Waals surface area contributed by atoms with Crippen molar-refractivity contribution in [2.45, 2.75) is 39.0 Å². The van der Waals surface area contributed by atoms with Gasteiger partial charge in [-0.15, -0.1) is 0 Å². The third-order valence-electron chi connectivity index (χ3n) is 4.20. The van der Waals surface area contributed by atoms with Gasteiger partial charge in [0.2, 0.25) is 10.0 Å². The molecule has 0 aliphatic carbocycles. The number of nitrogens with zero attached hydrogens (tertiary/aromatic N) is 1. The highest BCUT2D eigenvalue weighted by Crippen LogP contribution is 2.30. The molecule has 5 heteroatoms. The van der Waals surface area contributed by atoms with Crippen molar-refractivity contribution in [3.8, 4) is 0 Å². The predicted molar refractivity (Wildman–Crippen MR) is 82.6 cm³/mol. The second-order valence-electron chi connectivity index (χ2n) is 6.13. The van der Waals surface area contributed by atoms with Crippen molar-refractivity contribution in [2.75, 3.05) is 12.3 Å². The minimum Gasteiger partial charge on any atom is -0.399 e. The molecule has 2 N–H and O–H groups in total. The lowest BCUT2D eigenvalue weighted by Crippen LogP contribution is -2.49. The van der Waals surface area contributed by atoms with E-state index in [1.807, 2.05) is 13.0 Å². The molecule has 1 aromatic carbocycles. The highest BCUT2D eigenvalue weighted by atomic mass is 32.2. The van der Waals surface area contributed by atoms with E-state index < -0.39 is 10.0 Å². The van der Waals surface area contributed by atoms with Crippen molar-refractivity contribution in [3.05, 3.63) is 29.8 Å². The van der Waals surface area contributed by atoms with E-state index in [9.17, 15) is 8.42 Å². The molecule has 1 fully saturated rings. The third kappa shape index (κ3) is 3.33. The van der Waals surface area contributed by atoms with Gasteiger partial charge in [-0.2, -0.15) is 4.31 Å². The highest BCUT2D eigenvalue weighted by Gasteiger charge is 2.36. The average Bonchev–Trinajstić information content (AvgIpc) is 2.33. The van der Waals surface area contributed by atoms with Gasteiger partial charge in [0.25, 0.3) is 0 Å². The van der Waals surface area contributed by atoms with Gasteiger partial charge < -0.3 is 5.73 Å². The molecule has 0 bridgehead atoms. The van der Waals surface area contributed by atoms with Gasteiger partial charge >= 0.3 is 0 Å². The topological polar surface area (TPSA) is 63.4 Å². The molecule has 1 aromatic rings. The van der Waals surface area contributed by atoms with Crippen LogP contribution in [-0.4, -0.2) is 25.3 Å². The van der Waals surface area contributed by atoms with Crippen LogP contribution >= 0.6 is 0 Å². The van der Waals surface area contributed by atoms with Crippen LogP contribution in [0.1, 0.15) is 32.8 Å².